The smallest absolute Gasteiger partial charge is 0.132 e. The van der Waals surface area contributed by atoms with Crippen molar-refractivity contribution in [2.75, 3.05) is 0 Å². The van der Waals surface area contributed by atoms with Crippen molar-refractivity contribution in [3.8, 4) is 0 Å². The van der Waals surface area contributed by atoms with Crippen molar-refractivity contribution in [1.29, 1.82) is 0 Å². The summed E-state index contributed by atoms with van der Waals surface area (Å²) in [6.07, 6.45) is -0.408. The van der Waals surface area contributed by atoms with Crippen molar-refractivity contribution in [3.05, 3.63) is 71.3 Å². The van der Waals surface area contributed by atoms with Crippen LogP contribution in [-0.4, -0.2) is 0 Å². The molecule has 0 bridgehead atoms. The van der Waals surface area contributed by atoms with E-state index in [9.17, 15) is 8.78 Å². The molecule has 1 heterocycles. The predicted molar refractivity (Wildman–Crippen MR) is 59.4 cm³/mol. The monoisotopic (exact) mass is 232 g/mol. The largest absolute Gasteiger partial charge is 0.359 e. The van der Waals surface area contributed by atoms with Crippen molar-refractivity contribution in [2.45, 2.75) is 12.2 Å². The zero-order valence-corrected chi connectivity index (χ0v) is 8.94. The molecule has 1 fully saturated rings. The summed E-state index contributed by atoms with van der Waals surface area (Å²) in [5, 5.41) is 0. The summed E-state index contributed by atoms with van der Waals surface area (Å²) in [5.41, 5.74) is 1.43. The molecule has 3 rings (SSSR count). The van der Waals surface area contributed by atoms with Gasteiger partial charge in [0.15, 0.2) is 0 Å². The second-order valence-corrected chi connectivity index (χ2v) is 4.05. The van der Waals surface area contributed by atoms with Crippen LogP contribution in [0.15, 0.2) is 48.5 Å². The van der Waals surface area contributed by atoms with Crippen LogP contribution >= 0.6 is 0 Å². The van der Waals surface area contributed by atoms with Gasteiger partial charge in [0.25, 0.3) is 0 Å². The highest BCUT2D eigenvalue weighted by Crippen LogP contribution is 2.51. The first-order valence-electron chi connectivity index (χ1n) is 5.41. The van der Waals surface area contributed by atoms with E-state index in [1.165, 1.54) is 12.1 Å². The van der Waals surface area contributed by atoms with Gasteiger partial charge in [-0.05, 0) is 11.6 Å². The fourth-order valence-corrected chi connectivity index (χ4v) is 1.98. The van der Waals surface area contributed by atoms with Gasteiger partial charge in [0.05, 0.1) is 0 Å². The normalized spacial score (nSPS) is 22.5. The van der Waals surface area contributed by atoms with Crippen LogP contribution in [0.2, 0.25) is 0 Å². The molecule has 1 nitrogen and oxygen atoms in total. The average molecular weight is 232 g/mol. The molecule has 0 spiro atoms. The van der Waals surface area contributed by atoms with E-state index in [0.29, 0.717) is 5.56 Å². The van der Waals surface area contributed by atoms with Crippen LogP contribution in [-0.2, 0) is 4.74 Å². The Bertz CT molecular complexity index is 539. The van der Waals surface area contributed by atoms with Gasteiger partial charge in [0, 0.05) is 11.6 Å². The van der Waals surface area contributed by atoms with Crippen LogP contribution in [0.25, 0.3) is 0 Å². The van der Waals surface area contributed by atoms with E-state index in [4.69, 9.17) is 4.74 Å². The second kappa shape index (κ2) is 3.93. The molecule has 17 heavy (non-hydrogen) atoms. The summed E-state index contributed by atoms with van der Waals surface area (Å²) in [6.45, 7) is 0. The predicted octanol–water partition coefficient (Wildman–Crippen LogP) is 3.78. The first-order chi connectivity index (χ1) is 8.25. The molecule has 2 unspecified atom stereocenters. The number of hydrogen-bond acceptors (Lipinski definition) is 1. The Morgan fingerprint density at radius 1 is 0.882 bits per heavy atom. The Kier molecular flexibility index (Phi) is 2.41. The highest BCUT2D eigenvalue weighted by molar-refractivity contribution is 5.31. The number of benzene rings is 2. The highest BCUT2D eigenvalue weighted by atomic mass is 19.1. The van der Waals surface area contributed by atoms with Gasteiger partial charge in [-0.1, -0.05) is 36.4 Å². The number of ether oxygens (including phenoxy) is 1. The third-order valence-electron chi connectivity index (χ3n) is 2.89. The number of halogens is 2. The highest BCUT2D eigenvalue weighted by Gasteiger charge is 2.42. The van der Waals surface area contributed by atoms with E-state index in [2.05, 4.69) is 0 Å². The van der Waals surface area contributed by atoms with E-state index in [1.807, 2.05) is 30.3 Å². The van der Waals surface area contributed by atoms with Crippen molar-refractivity contribution in [3.63, 3.8) is 0 Å². The van der Waals surface area contributed by atoms with Crippen LogP contribution in [0, 0.1) is 11.6 Å². The van der Waals surface area contributed by atoms with E-state index >= 15 is 0 Å². The Morgan fingerprint density at radius 3 is 2.35 bits per heavy atom. The lowest BCUT2D eigenvalue weighted by atomic mass is 10.0. The van der Waals surface area contributed by atoms with Crippen LogP contribution in [0.1, 0.15) is 23.3 Å². The van der Waals surface area contributed by atoms with E-state index in [1.54, 1.807) is 0 Å². The lowest BCUT2D eigenvalue weighted by molar-refractivity contribution is 0.373. The van der Waals surface area contributed by atoms with Crippen LogP contribution < -0.4 is 0 Å². The fraction of sp³-hybridized carbons (Fsp3) is 0.143. The molecule has 0 aliphatic carbocycles. The molecule has 2 atom stereocenters. The Morgan fingerprint density at radius 2 is 1.65 bits per heavy atom. The number of hydrogen-bond donors (Lipinski definition) is 0. The topological polar surface area (TPSA) is 12.5 Å². The minimum atomic E-state index is -0.567. The molecule has 2 aromatic carbocycles. The minimum Gasteiger partial charge on any atom is -0.359 e. The zero-order valence-electron chi connectivity index (χ0n) is 8.94. The van der Waals surface area contributed by atoms with Crippen LogP contribution in [0.5, 0.6) is 0 Å². The molecule has 0 aromatic heterocycles. The Hall–Kier alpha value is -1.74. The second-order valence-electron chi connectivity index (χ2n) is 4.05. The molecule has 1 aliphatic heterocycles. The first kappa shape index (κ1) is 10.4. The van der Waals surface area contributed by atoms with Gasteiger partial charge in [-0.25, -0.2) is 8.78 Å². The Balaban J connectivity index is 1.85. The summed E-state index contributed by atoms with van der Waals surface area (Å²) in [5.74, 6) is -1.11. The van der Waals surface area contributed by atoms with Crippen molar-refractivity contribution in [2.24, 2.45) is 0 Å². The summed E-state index contributed by atoms with van der Waals surface area (Å²) in [4.78, 5) is 0. The van der Waals surface area contributed by atoms with Gasteiger partial charge < -0.3 is 4.74 Å². The van der Waals surface area contributed by atoms with Crippen molar-refractivity contribution >= 4 is 0 Å². The van der Waals surface area contributed by atoms with Gasteiger partial charge in [0.2, 0.25) is 0 Å². The SMILES string of the molecule is Fc1ccc(C2OC2c2ccccc2)c(F)c1. The summed E-state index contributed by atoms with van der Waals surface area (Å²) < 4.78 is 31.7. The number of epoxide rings is 1. The van der Waals surface area contributed by atoms with Gasteiger partial charge in [-0.3, -0.25) is 0 Å². The molecule has 0 amide bonds. The molecule has 1 saturated heterocycles. The molecule has 86 valence electrons. The van der Waals surface area contributed by atoms with Crippen molar-refractivity contribution in [1.82, 2.24) is 0 Å². The molecule has 0 N–H and O–H groups in total. The maximum Gasteiger partial charge on any atom is 0.132 e. The fourth-order valence-electron chi connectivity index (χ4n) is 1.98. The van der Waals surface area contributed by atoms with Crippen molar-refractivity contribution < 1.29 is 13.5 Å². The summed E-state index contributed by atoms with van der Waals surface area (Å²) >= 11 is 0. The third-order valence-corrected chi connectivity index (χ3v) is 2.89. The quantitative estimate of drug-likeness (QED) is 0.718. The van der Waals surface area contributed by atoms with Gasteiger partial charge >= 0.3 is 0 Å². The molecule has 0 radical (unpaired) electrons. The average Bonchev–Trinajstić information content (AvgIpc) is 3.10. The molecular formula is C14H10F2O. The first-order valence-corrected chi connectivity index (χ1v) is 5.41. The molecular weight excluding hydrogens is 222 g/mol. The molecule has 2 aromatic rings. The molecule has 3 heteroatoms. The van der Waals surface area contributed by atoms with Crippen LogP contribution in [0.4, 0.5) is 8.78 Å². The third kappa shape index (κ3) is 1.94. The van der Waals surface area contributed by atoms with Gasteiger partial charge in [-0.15, -0.1) is 0 Å². The molecule has 0 saturated carbocycles. The Labute approximate surface area is 97.7 Å². The summed E-state index contributed by atoms with van der Waals surface area (Å²) in [7, 11) is 0. The summed E-state index contributed by atoms with van der Waals surface area (Å²) in [6, 6.07) is 13.2. The maximum absolute atomic E-state index is 13.5. The molecule has 1 aliphatic rings. The van der Waals surface area contributed by atoms with Gasteiger partial charge in [0.1, 0.15) is 23.8 Å². The zero-order chi connectivity index (χ0) is 11.8. The minimum absolute atomic E-state index is 0.115. The maximum atomic E-state index is 13.5. The lowest BCUT2D eigenvalue weighted by Gasteiger charge is -1.99. The number of rotatable bonds is 2. The van der Waals surface area contributed by atoms with Gasteiger partial charge in [-0.2, -0.15) is 0 Å². The standard InChI is InChI=1S/C14H10F2O/c15-10-6-7-11(12(16)8-10)14-13(17-14)9-4-2-1-3-5-9/h1-8,13-14H. The van der Waals surface area contributed by atoms with E-state index in [0.717, 1.165) is 11.6 Å². The van der Waals surface area contributed by atoms with Crippen LogP contribution in [0.3, 0.4) is 0 Å². The van der Waals surface area contributed by atoms with E-state index < -0.39 is 11.6 Å². The van der Waals surface area contributed by atoms with E-state index in [-0.39, 0.29) is 12.2 Å². The lowest BCUT2D eigenvalue weighted by Crippen LogP contribution is -1.90.